The number of benzene rings is 1. The smallest absolute Gasteiger partial charge is 0.362 e. The third kappa shape index (κ3) is 2.93. The Hall–Kier alpha value is -1.60. The lowest BCUT2D eigenvalue weighted by atomic mass is 9.87. The first kappa shape index (κ1) is 18.2. The fourth-order valence-corrected chi connectivity index (χ4v) is 3.61. The maximum absolute atomic E-state index is 13.8. The van der Waals surface area contributed by atoms with Crippen molar-refractivity contribution in [1.29, 1.82) is 0 Å². The van der Waals surface area contributed by atoms with Crippen LogP contribution < -0.4 is 0 Å². The number of fused-ring (bicyclic) bond motifs is 1. The van der Waals surface area contributed by atoms with E-state index in [0.29, 0.717) is 29.8 Å². The van der Waals surface area contributed by atoms with Crippen LogP contribution in [0.4, 0.5) is 13.2 Å². The van der Waals surface area contributed by atoms with E-state index in [9.17, 15) is 23.1 Å². The van der Waals surface area contributed by atoms with E-state index in [0.717, 1.165) is 6.42 Å². The Morgan fingerprint density at radius 2 is 2.08 bits per heavy atom. The van der Waals surface area contributed by atoms with E-state index in [4.69, 9.17) is 11.6 Å². The normalized spacial score (nSPS) is 26.9. The molecule has 25 heavy (non-hydrogen) atoms. The lowest BCUT2D eigenvalue weighted by Crippen LogP contribution is -2.61. The number of hydrazone groups is 1. The summed E-state index contributed by atoms with van der Waals surface area (Å²) in [6.07, 6.45) is -2.46. The van der Waals surface area contributed by atoms with E-state index in [1.165, 1.54) is 18.2 Å². The highest BCUT2D eigenvalue weighted by Gasteiger charge is 2.68. The van der Waals surface area contributed by atoms with Gasteiger partial charge in [-0.3, -0.25) is 4.79 Å². The van der Waals surface area contributed by atoms with Gasteiger partial charge >= 0.3 is 6.18 Å². The molecule has 1 fully saturated rings. The molecule has 1 saturated carbocycles. The van der Waals surface area contributed by atoms with Crippen molar-refractivity contribution in [2.45, 2.75) is 50.9 Å². The summed E-state index contributed by atoms with van der Waals surface area (Å²) in [6, 6.07) is 4.18. The molecule has 0 radical (unpaired) electrons. The van der Waals surface area contributed by atoms with Gasteiger partial charge in [0.15, 0.2) is 0 Å². The molecule has 3 rings (SSSR count). The summed E-state index contributed by atoms with van der Waals surface area (Å²) in [4.78, 5) is 12.7. The minimum Gasteiger partial charge on any atom is -0.362 e. The Morgan fingerprint density at radius 3 is 2.72 bits per heavy atom. The molecule has 0 aromatic heterocycles. The number of amides is 1. The third-order valence-electron chi connectivity index (χ3n) is 4.88. The lowest BCUT2D eigenvalue weighted by Gasteiger charge is -2.37. The number of hydrogen-bond acceptors (Lipinski definition) is 3. The lowest BCUT2D eigenvalue weighted by molar-refractivity contribution is -0.312. The van der Waals surface area contributed by atoms with Crippen LogP contribution in [-0.2, 0) is 0 Å². The van der Waals surface area contributed by atoms with Crippen molar-refractivity contribution in [2.24, 2.45) is 11.0 Å². The molecule has 1 amide bonds. The molecule has 1 heterocycles. The van der Waals surface area contributed by atoms with Gasteiger partial charge in [-0.05, 0) is 49.9 Å². The van der Waals surface area contributed by atoms with Gasteiger partial charge in [-0.1, -0.05) is 24.4 Å². The van der Waals surface area contributed by atoms with Crippen LogP contribution in [0, 0.1) is 12.8 Å². The Balaban J connectivity index is 2.05. The van der Waals surface area contributed by atoms with Crippen molar-refractivity contribution in [1.82, 2.24) is 5.01 Å². The molecule has 4 nitrogen and oxygen atoms in total. The quantitative estimate of drug-likeness (QED) is 0.797. The fourth-order valence-electron chi connectivity index (χ4n) is 3.50. The van der Waals surface area contributed by atoms with Gasteiger partial charge < -0.3 is 5.11 Å². The molecular formula is C17H18ClF3N2O2. The summed E-state index contributed by atoms with van der Waals surface area (Å²) < 4.78 is 41.3. The summed E-state index contributed by atoms with van der Waals surface area (Å²) in [6.45, 7) is 1.65. The van der Waals surface area contributed by atoms with Gasteiger partial charge in [0, 0.05) is 16.3 Å². The maximum atomic E-state index is 13.8. The highest BCUT2D eigenvalue weighted by atomic mass is 35.5. The third-order valence-corrected chi connectivity index (χ3v) is 5.30. The monoisotopic (exact) mass is 374 g/mol. The van der Waals surface area contributed by atoms with Crippen molar-refractivity contribution in [3.63, 3.8) is 0 Å². The van der Waals surface area contributed by atoms with Crippen LogP contribution >= 0.6 is 11.6 Å². The van der Waals surface area contributed by atoms with Gasteiger partial charge in [-0.15, -0.1) is 0 Å². The SMILES string of the molecule is Cc1cc(C(=O)N2N=C3CCCCC[C@H]3[C@@]2(O)C(F)(F)F)ccc1Cl. The molecule has 1 aliphatic carbocycles. The number of rotatable bonds is 1. The predicted molar refractivity (Wildman–Crippen MR) is 87.4 cm³/mol. The number of carbonyl (C=O) groups excluding carboxylic acids is 1. The van der Waals surface area contributed by atoms with Crippen molar-refractivity contribution >= 4 is 23.2 Å². The highest BCUT2D eigenvalue weighted by Crippen LogP contribution is 2.48. The van der Waals surface area contributed by atoms with E-state index < -0.39 is 23.7 Å². The van der Waals surface area contributed by atoms with Gasteiger partial charge in [0.1, 0.15) is 0 Å². The Bertz CT molecular complexity index is 735. The first-order valence-electron chi connectivity index (χ1n) is 8.13. The molecule has 1 N–H and O–H groups in total. The van der Waals surface area contributed by atoms with Crippen LogP contribution in [-0.4, -0.2) is 33.6 Å². The number of aliphatic hydroxyl groups is 1. The maximum Gasteiger partial charge on any atom is 0.439 e. The average Bonchev–Trinajstić information content (AvgIpc) is 2.70. The van der Waals surface area contributed by atoms with Gasteiger partial charge in [0.05, 0.1) is 5.92 Å². The van der Waals surface area contributed by atoms with Gasteiger partial charge in [-0.25, -0.2) is 0 Å². The summed E-state index contributed by atoms with van der Waals surface area (Å²) in [5.74, 6) is -2.20. The van der Waals surface area contributed by atoms with E-state index >= 15 is 0 Å². The minimum atomic E-state index is -5.01. The Morgan fingerprint density at radius 1 is 1.36 bits per heavy atom. The molecule has 2 aliphatic rings. The average molecular weight is 375 g/mol. The highest BCUT2D eigenvalue weighted by molar-refractivity contribution is 6.31. The largest absolute Gasteiger partial charge is 0.439 e. The van der Waals surface area contributed by atoms with E-state index in [2.05, 4.69) is 5.10 Å². The van der Waals surface area contributed by atoms with Gasteiger partial charge in [0.25, 0.3) is 11.6 Å². The predicted octanol–water partition coefficient (Wildman–Crippen LogP) is 4.29. The molecule has 0 bridgehead atoms. The second-order valence-corrected chi connectivity index (χ2v) is 6.96. The second kappa shape index (κ2) is 6.29. The standard InChI is InChI=1S/C17H18ClF3N2O2/c1-10-9-11(7-8-13(10)18)15(24)23-16(25,17(19,20)21)12-5-3-2-4-6-14(12)22-23/h7-9,12,25H,2-6H2,1H3/t12-,16-/m1/s1. The summed E-state index contributed by atoms with van der Waals surface area (Å²) in [5.41, 5.74) is -2.50. The zero-order valence-corrected chi connectivity index (χ0v) is 14.4. The number of hydrogen-bond donors (Lipinski definition) is 1. The van der Waals surface area contributed by atoms with E-state index in [1.807, 2.05) is 0 Å². The topological polar surface area (TPSA) is 52.9 Å². The van der Waals surface area contributed by atoms with Crippen LogP contribution in [0.5, 0.6) is 0 Å². The Kier molecular flexibility index (Phi) is 4.58. The first-order chi connectivity index (χ1) is 11.7. The number of nitrogens with zero attached hydrogens (tertiary/aromatic N) is 2. The number of alkyl halides is 3. The number of carbonyl (C=O) groups is 1. The van der Waals surface area contributed by atoms with Gasteiger partial charge in [-0.2, -0.15) is 23.3 Å². The Labute approximate surface area is 148 Å². The van der Waals surface area contributed by atoms with E-state index in [-0.39, 0.29) is 22.7 Å². The minimum absolute atomic E-state index is 0.00499. The summed E-state index contributed by atoms with van der Waals surface area (Å²) in [7, 11) is 0. The van der Waals surface area contributed by atoms with Crippen LogP contribution in [0.15, 0.2) is 23.3 Å². The second-order valence-electron chi connectivity index (χ2n) is 6.55. The molecule has 8 heteroatoms. The van der Waals surface area contributed by atoms with Crippen molar-refractivity contribution in [3.05, 3.63) is 34.3 Å². The molecule has 1 aromatic carbocycles. The van der Waals surface area contributed by atoms with Crippen molar-refractivity contribution < 1.29 is 23.1 Å². The van der Waals surface area contributed by atoms with Crippen LogP contribution in [0.25, 0.3) is 0 Å². The summed E-state index contributed by atoms with van der Waals surface area (Å²) in [5, 5.41) is 15.1. The van der Waals surface area contributed by atoms with Crippen LogP contribution in [0.2, 0.25) is 5.02 Å². The van der Waals surface area contributed by atoms with Gasteiger partial charge in [0.2, 0.25) is 0 Å². The molecule has 0 saturated heterocycles. The van der Waals surface area contributed by atoms with Crippen LogP contribution in [0.3, 0.4) is 0 Å². The van der Waals surface area contributed by atoms with E-state index in [1.54, 1.807) is 6.92 Å². The van der Waals surface area contributed by atoms with Crippen molar-refractivity contribution in [3.8, 4) is 0 Å². The number of halogens is 4. The molecule has 136 valence electrons. The molecular weight excluding hydrogens is 357 g/mol. The fraction of sp³-hybridized carbons (Fsp3) is 0.529. The van der Waals surface area contributed by atoms with Crippen molar-refractivity contribution in [2.75, 3.05) is 0 Å². The van der Waals surface area contributed by atoms with Crippen LogP contribution in [0.1, 0.15) is 48.0 Å². The molecule has 2 atom stereocenters. The molecule has 1 aromatic rings. The zero-order chi connectivity index (χ0) is 18.4. The first-order valence-corrected chi connectivity index (χ1v) is 8.51. The molecule has 0 unspecified atom stereocenters. The zero-order valence-electron chi connectivity index (χ0n) is 13.6. The summed E-state index contributed by atoms with van der Waals surface area (Å²) >= 11 is 5.91. The molecule has 0 spiro atoms. The number of aryl methyl sites for hydroxylation is 1. The molecule has 1 aliphatic heterocycles.